The number of hydrogen-bond donors (Lipinski definition) is 1. The Labute approximate surface area is 158 Å². The van der Waals surface area contributed by atoms with E-state index in [2.05, 4.69) is 6.92 Å². The van der Waals surface area contributed by atoms with E-state index < -0.39 is 5.63 Å². The Morgan fingerprint density at radius 2 is 2.15 bits per heavy atom. The summed E-state index contributed by atoms with van der Waals surface area (Å²) in [5.41, 5.74) is -0.0364. The number of aromatic hydroxyl groups is 1. The maximum atomic E-state index is 12.7. The summed E-state index contributed by atoms with van der Waals surface area (Å²) >= 11 is 1.60. The maximum absolute atomic E-state index is 12.7. The van der Waals surface area contributed by atoms with E-state index in [4.69, 9.17) is 9.15 Å². The number of ether oxygens (including phenoxy) is 1. The van der Waals surface area contributed by atoms with E-state index in [1.165, 1.54) is 6.42 Å². The molecule has 3 unspecified atom stereocenters. The van der Waals surface area contributed by atoms with Crippen molar-refractivity contribution in [2.24, 2.45) is 0 Å². The van der Waals surface area contributed by atoms with E-state index in [0.717, 1.165) is 43.6 Å². The monoisotopic (exact) mass is 376 g/mol. The molecule has 1 fully saturated rings. The molecule has 4 nitrogen and oxygen atoms in total. The fourth-order valence-corrected chi connectivity index (χ4v) is 4.78. The molecular formula is C21H28O4S. The molecule has 3 rings (SSSR count). The van der Waals surface area contributed by atoms with Gasteiger partial charge in [0.25, 0.3) is 0 Å². The van der Waals surface area contributed by atoms with Gasteiger partial charge in [-0.3, -0.25) is 0 Å². The average molecular weight is 377 g/mol. The molecular weight excluding hydrogens is 348 g/mol. The second-order valence-electron chi connectivity index (χ2n) is 7.04. The predicted octanol–water partition coefficient (Wildman–Crippen LogP) is 5.40. The molecule has 142 valence electrons. The van der Waals surface area contributed by atoms with Gasteiger partial charge < -0.3 is 14.3 Å². The van der Waals surface area contributed by atoms with Crippen molar-refractivity contribution in [3.8, 4) is 5.75 Å². The van der Waals surface area contributed by atoms with Gasteiger partial charge in [-0.2, -0.15) is 0 Å². The normalized spacial score (nSPS) is 20.0. The summed E-state index contributed by atoms with van der Waals surface area (Å²) in [5.74, 6) is 0.600. The molecule has 26 heavy (non-hydrogen) atoms. The fraction of sp³-hybridized carbons (Fsp3) is 0.571. The SMILES string of the molecule is CCC(CC1CCCCO1)c1cc(O)c(C(CC)c2cccs2)c(=O)o1. The van der Waals surface area contributed by atoms with Crippen molar-refractivity contribution < 1.29 is 14.3 Å². The highest BCUT2D eigenvalue weighted by atomic mass is 32.1. The third-order valence-electron chi connectivity index (χ3n) is 5.35. The van der Waals surface area contributed by atoms with Gasteiger partial charge in [0.2, 0.25) is 0 Å². The molecule has 5 heteroatoms. The van der Waals surface area contributed by atoms with Crippen molar-refractivity contribution >= 4 is 11.3 Å². The van der Waals surface area contributed by atoms with Crippen LogP contribution in [-0.2, 0) is 4.74 Å². The summed E-state index contributed by atoms with van der Waals surface area (Å²) in [6, 6.07) is 5.62. The zero-order valence-electron chi connectivity index (χ0n) is 15.6. The molecule has 1 aliphatic heterocycles. The zero-order chi connectivity index (χ0) is 18.5. The van der Waals surface area contributed by atoms with Gasteiger partial charge in [0.05, 0.1) is 11.7 Å². The van der Waals surface area contributed by atoms with Gasteiger partial charge in [-0.1, -0.05) is 19.9 Å². The molecule has 0 amide bonds. The smallest absolute Gasteiger partial charge is 0.343 e. The van der Waals surface area contributed by atoms with Crippen molar-refractivity contribution in [1.82, 2.24) is 0 Å². The molecule has 0 bridgehead atoms. The van der Waals surface area contributed by atoms with Gasteiger partial charge in [-0.15, -0.1) is 11.3 Å². The molecule has 3 atom stereocenters. The van der Waals surface area contributed by atoms with E-state index in [-0.39, 0.29) is 23.7 Å². The molecule has 1 saturated heterocycles. The standard InChI is InChI=1S/C21H28O4S/c1-3-14(12-15-8-5-6-10-24-15)18-13-17(22)20(21(23)25-18)16(4-2)19-9-7-11-26-19/h7,9,11,13-16,22H,3-6,8,10,12H2,1-2H3. The van der Waals surface area contributed by atoms with E-state index in [9.17, 15) is 9.90 Å². The molecule has 0 aromatic carbocycles. The van der Waals surface area contributed by atoms with Crippen LogP contribution >= 0.6 is 11.3 Å². The van der Waals surface area contributed by atoms with Crippen molar-refractivity contribution in [2.45, 2.75) is 70.3 Å². The Hall–Kier alpha value is -1.59. The zero-order valence-corrected chi connectivity index (χ0v) is 16.4. The Bertz CT molecular complexity index is 744. The minimum absolute atomic E-state index is 0.0551. The summed E-state index contributed by atoms with van der Waals surface area (Å²) in [4.78, 5) is 13.8. The maximum Gasteiger partial charge on any atom is 0.343 e. The highest BCUT2D eigenvalue weighted by Gasteiger charge is 2.26. The predicted molar refractivity (Wildman–Crippen MR) is 104 cm³/mol. The lowest BCUT2D eigenvalue weighted by Crippen LogP contribution is -2.22. The lowest BCUT2D eigenvalue weighted by molar-refractivity contribution is 0.00542. The van der Waals surface area contributed by atoms with Gasteiger partial charge >= 0.3 is 5.63 Å². The molecule has 1 aliphatic rings. The summed E-state index contributed by atoms with van der Waals surface area (Å²) in [6.45, 7) is 4.92. The van der Waals surface area contributed by atoms with Crippen LogP contribution in [0.25, 0.3) is 0 Å². The summed E-state index contributed by atoms with van der Waals surface area (Å²) in [7, 11) is 0. The third kappa shape index (κ3) is 4.21. The van der Waals surface area contributed by atoms with Crippen LogP contribution in [0.1, 0.15) is 80.4 Å². The quantitative estimate of drug-likeness (QED) is 0.703. The lowest BCUT2D eigenvalue weighted by atomic mass is 9.91. The molecule has 3 heterocycles. The van der Waals surface area contributed by atoms with Gasteiger partial charge in [0, 0.05) is 29.4 Å². The Kier molecular flexibility index (Phi) is 6.54. The van der Waals surface area contributed by atoms with Crippen LogP contribution in [0, 0.1) is 0 Å². The topological polar surface area (TPSA) is 59.7 Å². The molecule has 0 radical (unpaired) electrons. The minimum atomic E-state index is -0.414. The van der Waals surface area contributed by atoms with Crippen LogP contribution in [0.2, 0.25) is 0 Å². The Balaban J connectivity index is 1.86. The first-order chi connectivity index (χ1) is 12.6. The average Bonchev–Trinajstić information content (AvgIpc) is 3.17. The number of hydrogen-bond acceptors (Lipinski definition) is 5. The summed E-state index contributed by atoms with van der Waals surface area (Å²) < 4.78 is 11.5. The minimum Gasteiger partial charge on any atom is -0.507 e. The van der Waals surface area contributed by atoms with E-state index in [0.29, 0.717) is 11.3 Å². The van der Waals surface area contributed by atoms with Crippen LogP contribution in [0.4, 0.5) is 0 Å². The molecule has 2 aromatic rings. The van der Waals surface area contributed by atoms with Crippen LogP contribution < -0.4 is 5.63 Å². The van der Waals surface area contributed by atoms with Crippen molar-refractivity contribution in [1.29, 1.82) is 0 Å². The first kappa shape index (κ1) is 19.2. The number of rotatable bonds is 7. The third-order valence-corrected chi connectivity index (χ3v) is 6.33. The Morgan fingerprint density at radius 3 is 2.73 bits per heavy atom. The van der Waals surface area contributed by atoms with E-state index in [1.54, 1.807) is 17.4 Å². The van der Waals surface area contributed by atoms with Crippen molar-refractivity contribution in [3.63, 3.8) is 0 Å². The molecule has 0 spiro atoms. The second kappa shape index (κ2) is 8.87. The second-order valence-corrected chi connectivity index (χ2v) is 8.02. The van der Waals surface area contributed by atoms with Crippen molar-refractivity contribution in [3.05, 3.63) is 50.2 Å². The van der Waals surface area contributed by atoms with Gasteiger partial charge in [0.15, 0.2) is 0 Å². The van der Waals surface area contributed by atoms with Crippen LogP contribution in [0.15, 0.2) is 32.8 Å². The summed E-state index contributed by atoms with van der Waals surface area (Å²) in [5, 5.41) is 12.6. The molecule has 2 aromatic heterocycles. The van der Waals surface area contributed by atoms with Gasteiger partial charge in [-0.05, 0) is 50.0 Å². The fourth-order valence-electron chi connectivity index (χ4n) is 3.86. The number of thiophene rings is 1. The van der Waals surface area contributed by atoms with E-state index >= 15 is 0 Å². The van der Waals surface area contributed by atoms with Crippen LogP contribution in [0.3, 0.4) is 0 Å². The van der Waals surface area contributed by atoms with E-state index in [1.807, 2.05) is 24.4 Å². The first-order valence-corrected chi connectivity index (χ1v) is 10.5. The van der Waals surface area contributed by atoms with Crippen LogP contribution in [-0.4, -0.2) is 17.8 Å². The highest BCUT2D eigenvalue weighted by molar-refractivity contribution is 7.10. The van der Waals surface area contributed by atoms with Gasteiger partial charge in [-0.25, -0.2) is 4.79 Å². The lowest BCUT2D eigenvalue weighted by Gasteiger charge is -2.26. The first-order valence-electron chi connectivity index (χ1n) is 9.65. The Morgan fingerprint density at radius 1 is 1.31 bits per heavy atom. The molecule has 1 N–H and O–H groups in total. The molecule has 0 aliphatic carbocycles. The largest absolute Gasteiger partial charge is 0.507 e. The summed E-state index contributed by atoms with van der Waals surface area (Å²) in [6.07, 6.45) is 6.01. The van der Waals surface area contributed by atoms with Crippen molar-refractivity contribution in [2.75, 3.05) is 6.61 Å². The van der Waals surface area contributed by atoms with Gasteiger partial charge in [0.1, 0.15) is 11.5 Å². The van der Waals surface area contributed by atoms with Crippen LogP contribution in [0.5, 0.6) is 5.75 Å². The molecule has 0 saturated carbocycles. The highest BCUT2D eigenvalue weighted by Crippen LogP contribution is 2.36.